The Morgan fingerprint density at radius 2 is 1.71 bits per heavy atom. The molecule has 0 radical (unpaired) electrons. The average Bonchev–Trinajstić information content (AvgIpc) is 3.43. The van der Waals surface area contributed by atoms with E-state index < -0.39 is 0 Å². The summed E-state index contributed by atoms with van der Waals surface area (Å²) in [4.78, 5) is 16.5. The van der Waals surface area contributed by atoms with Crippen molar-refractivity contribution in [2.45, 2.75) is 32.9 Å². The van der Waals surface area contributed by atoms with E-state index in [2.05, 4.69) is 53.3 Å². The van der Waals surface area contributed by atoms with Crippen LogP contribution in [0.2, 0.25) is 0 Å². The Labute approximate surface area is 203 Å². The van der Waals surface area contributed by atoms with Crippen molar-refractivity contribution in [3.8, 4) is 17.1 Å². The molecule has 0 atom stereocenters. The van der Waals surface area contributed by atoms with E-state index in [1.54, 1.807) is 0 Å². The van der Waals surface area contributed by atoms with Crippen LogP contribution in [0.5, 0.6) is 0 Å². The number of thioether (sulfide) groups is 1. The number of nitrogens with zero attached hydrogens (tertiary/aromatic N) is 3. The van der Waals surface area contributed by atoms with Gasteiger partial charge in [-0.05, 0) is 74.2 Å². The molecule has 2 heterocycles. The number of carbonyl (C=O) groups is 1. The fourth-order valence-electron chi connectivity index (χ4n) is 4.26. The molecule has 0 unspecified atom stereocenters. The SMILES string of the molecule is Cc1cccc(-n2c(SCC(=O)c3cc(C)c(C)cc3C)nnc2-c2c[nH]c3ccccc23)c1. The highest BCUT2D eigenvalue weighted by atomic mass is 32.2. The highest BCUT2D eigenvalue weighted by molar-refractivity contribution is 7.99. The lowest BCUT2D eigenvalue weighted by atomic mass is 9.99. The fourth-order valence-corrected chi connectivity index (χ4v) is 5.10. The average molecular weight is 467 g/mol. The summed E-state index contributed by atoms with van der Waals surface area (Å²) in [6.45, 7) is 8.18. The van der Waals surface area contributed by atoms with Crippen LogP contribution in [0.3, 0.4) is 0 Å². The number of Topliss-reactive ketones (excluding diaryl/α,β-unsaturated/α-hetero) is 1. The minimum atomic E-state index is 0.0954. The number of hydrogen-bond donors (Lipinski definition) is 1. The van der Waals surface area contributed by atoms with E-state index in [4.69, 9.17) is 0 Å². The van der Waals surface area contributed by atoms with Gasteiger partial charge in [-0.15, -0.1) is 10.2 Å². The van der Waals surface area contributed by atoms with Crippen LogP contribution in [0.25, 0.3) is 28.0 Å². The molecule has 0 aliphatic rings. The molecule has 0 bridgehead atoms. The van der Waals surface area contributed by atoms with Crippen LogP contribution in [0.1, 0.15) is 32.6 Å². The summed E-state index contributed by atoms with van der Waals surface area (Å²) in [5.74, 6) is 1.14. The van der Waals surface area contributed by atoms with Gasteiger partial charge in [0.15, 0.2) is 16.8 Å². The lowest BCUT2D eigenvalue weighted by Gasteiger charge is -2.12. The van der Waals surface area contributed by atoms with Gasteiger partial charge in [0.2, 0.25) is 0 Å². The van der Waals surface area contributed by atoms with Crippen LogP contribution in [0.4, 0.5) is 0 Å². The van der Waals surface area contributed by atoms with Crippen LogP contribution in [-0.2, 0) is 0 Å². The van der Waals surface area contributed by atoms with Crippen molar-refractivity contribution in [1.82, 2.24) is 19.7 Å². The van der Waals surface area contributed by atoms with E-state index in [0.29, 0.717) is 10.9 Å². The largest absolute Gasteiger partial charge is 0.360 e. The lowest BCUT2D eigenvalue weighted by molar-refractivity contribution is 0.102. The standard InChI is InChI=1S/C28H26N4OS/c1-17-8-7-9-21(12-17)32-27(24-15-29-25-11-6-5-10-22(24)25)30-31-28(32)34-16-26(33)23-14-19(3)18(2)13-20(23)4/h5-15,29H,16H2,1-4H3. The number of aryl methyl sites for hydroxylation is 4. The normalized spacial score (nSPS) is 11.3. The van der Waals surface area contributed by atoms with Gasteiger partial charge in [0.1, 0.15) is 0 Å². The van der Waals surface area contributed by atoms with Crippen LogP contribution < -0.4 is 0 Å². The number of benzene rings is 3. The number of rotatable bonds is 6. The summed E-state index contributed by atoms with van der Waals surface area (Å²) in [6.07, 6.45) is 1.97. The van der Waals surface area contributed by atoms with E-state index in [1.165, 1.54) is 17.3 Å². The molecule has 0 aliphatic carbocycles. The first-order valence-electron chi connectivity index (χ1n) is 11.2. The van der Waals surface area contributed by atoms with E-state index in [0.717, 1.165) is 50.2 Å². The zero-order valence-corrected chi connectivity index (χ0v) is 20.5. The van der Waals surface area contributed by atoms with E-state index in [9.17, 15) is 4.79 Å². The highest BCUT2D eigenvalue weighted by Crippen LogP contribution is 2.33. The zero-order chi connectivity index (χ0) is 23.8. The second-order valence-corrected chi connectivity index (χ2v) is 9.63. The molecule has 5 aromatic rings. The Kier molecular flexibility index (Phi) is 5.84. The molecule has 6 heteroatoms. The van der Waals surface area contributed by atoms with Gasteiger partial charge in [0.25, 0.3) is 0 Å². The van der Waals surface area contributed by atoms with Gasteiger partial charge in [-0.25, -0.2) is 0 Å². The van der Waals surface area contributed by atoms with Gasteiger partial charge in [-0.1, -0.05) is 48.2 Å². The monoisotopic (exact) mass is 466 g/mol. The summed E-state index contributed by atoms with van der Waals surface area (Å²) < 4.78 is 2.05. The van der Waals surface area contributed by atoms with Gasteiger partial charge in [-0.3, -0.25) is 9.36 Å². The number of para-hydroxylation sites is 1. The second kappa shape index (κ2) is 8.95. The van der Waals surface area contributed by atoms with Crippen molar-refractivity contribution >= 4 is 28.4 Å². The smallest absolute Gasteiger partial charge is 0.196 e. The number of fused-ring (bicyclic) bond motifs is 1. The molecule has 0 aliphatic heterocycles. The summed E-state index contributed by atoms with van der Waals surface area (Å²) in [5, 5.41) is 10.9. The first-order valence-corrected chi connectivity index (χ1v) is 12.2. The third-order valence-corrected chi connectivity index (χ3v) is 7.13. The van der Waals surface area contributed by atoms with Crippen LogP contribution in [0, 0.1) is 27.7 Å². The Bertz CT molecular complexity index is 1530. The summed E-state index contributed by atoms with van der Waals surface area (Å²) >= 11 is 1.42. The molecule has 0 amide bonds. The third kappa shape index (κ3) is 4.05. The first kappa shape index (κ1) is 22.2. The molecular weight excluding hydrogens is 440 g/mol. The summed E-state index contributed by atoms with van der Waals surface area (Å²) in [6, 6.07) is 20.5. The van der Waals surface area contributed by atoms with E-state index >= 15 is 0 Å². The van der Waals surface area contributed by atoms with Crippen LogP contribution >= 0.6 is 11.8 Å². The topological polar surface area (TPSA) is 63.6 Å². The van der Waals surface area contributed by atoms with E-state index in [-0.39, 0.29) is 5.78 Å². The molecule has 1 N–H and O–H groups in total. The molecule has 0 saturated carbocycles. The molecule has 3 aromatic carbocycles. The van der Waals surface area contributed by atoms with Crippen molar-refractivity contribution in [2.75, 3.05) is 5.75 Å². The molecule has 0 spiro atoms. The maximum Gasteiger partial charge on any atom is 0.196 e. The third-order valence-electron chi connectivity index (χ3n) is 6.20. The Morgan fingerprint density at radius 3 is 2.53 bits per heavy atom. The molecular formula is C28H26N4OS. The van der Waals surface area contributed by atoms with Gasteiger partial charge in [0, 0.05) is 33.9 Å². The van der Waals surface area contributed by atoms with Crippen molar-refractivity contribution in [1.29, 1.82) is 0 Å². The quantitative estimate of drug-likeness (QED) is 0.225. The molecule has 5 rings (SSSR count). The van der Waals surface area contributed by atoms with Gasteiger partial charge >= 0.3 is 0 Å². The van der Waals surface area contributed by atoms with Crippen LogP contribution in [0.15, 0.2) is 72.0 Å². The van der Waals surface area contributed by atoms with Crippen molar-refractivity contribution in [3.63, 3.8) is 0 Å². The fraction of sp³-hybridized carbons (Fsp3) is 0.179. The second-order valence-electron chi connectivity index (χ2n) is 8.69. The molecule has 2 aromatic heterocycles. The minimum Gasteiger partial charge on any atom is -0.360 e. The number of aromatic nitrogens is 4. The number of nitrogens with one attached hydrogen (secondary N) is 1. The summed E-state index contributed by atoms with van der Waals surface area (Å²) in [7, 11) is 0. The van der Waals surface area contributed by atoms with Crippen molar-refractivity contribution < 1.29 is 4.79 Å². The van der Waals surface area contributed by atoms with Gasteiger partial charge in [-0.2, -0.15) is 0 Å². The Balaban J connectivity index is 1.54. The molecule has 0 saturated heterocycles. The Hall–Kier alpha value is -3.64. The summed E-state index contributed by atoms with van der Waals surface area (Å²) in [5.41, 5.74) is 8.25. The molecule has 34 heavy (non-hydrogen) atoms. The predicted octanol–water partition coefficient (Wildman–Crippen LogP) is 6.62. The lowest BCUT2D eigenvalue weighted by Crippen LogP contribution is -2.07. The van der Waals surface area contributed by atoms with Gasteiger partial charge in [0.05, 0.1) is 5.75 Å². The van der Waals surface area contributed by atoms with Crippen LogP contribution in [-0.4, -0.2) is 31.3 Å². The molecule has 5 nitrogen and oxygen atoms in total. The highest BCUT2D eigenvalue weighted by Gasteiger charge is 2.20. The number of carbonyl (C=O) groups excluding carboxylic acids is 1. The zero-order valence-electron chi connectivity index (χ0n) is 19.7. The number of ketones is 1. The maximum absolute atomic E-state index is 13.1. The Morgan fingerprint density at radius 1 is 0.912 bits per heavy atom. The number of aromatic amines is 1. The maximum atomic E-state index is 13.1. The van der Waals surface area contributed by atoms with Crippen molar-refractivity contribution in [2.24, 2.45) is 0 Å². The van der Waals surface area contributed by atoms with Crippen molar-refractivity contribution in [3.05, 3.63) is 94.7 Å². The number of H-pyrrole nitrogens is 1. The number of hydrogen-bond acceptors (Lipinski definition) is 4. The van der Waals surface area contributed by atoms with E-state index in [1.807, 2.05) is 61.0 Å². The minimum absolute atomic E-state index is 0.0954. The molecule has 170 valence electrons. The van der Waals surface area contributed by atoms with Gasteiger partial charge < -0.3 is 4.98 Å². The first-order chi connectivity index (χ1) is 16.4. The molecule has 0 fully saturated rings. The predicted molar refractivity (Wildman–Crippen MR) is 139 cm³/mol.